The van der Waals surface area contributed by atoms with Crippen LogP contribution in [0.3, 0.4) is 0 Å². The molecule has 0 saturated carbocycles. The summed E-state index contributed by atoms with van der Waals surface area (Å²) in [5.74, 6) is -3.50. The Morgan fingerprint density at radius 1 is 1.13 bits per heavy atom. The zero-order valence-electron chi connectivity index (χ0n) is 13.5. The number of hydrogen-bond acceptors (Lipinski definition) is 4. The molecule has 0 aromatic heterocycles. The molecule has 6 nitrogen and oxygen atoms in total. The van der Waals surface area contributed by atoms with Crippen molar-refractivity contribution in [2.45, 2.75) is 32.2 Å². The van der Waals surface area contributed by atoms with Crippen LogP contribution in [0.1, 0.15) is 31.7 Å². The highest BCUT2D eigenvalue weighted by atomic mass is 16.4. The fourth-order valence-corrected chi connectivity index (χ4v) is 2.78. The number of amides is 1. The van der Waals surface area contributed by atoms with Crippen molar-refractivity contribution < 1.29 is 24.9 Å². The number of aliphatic hydroxyl groups excluding tert-OH is 2. The Hall–Kier alpha value is -1.92. The SMILES string of the molecule is CCC(c1ccccc1)C(C(=O)O)C(C)C(=O)NC(CO)CO. The number of nitrogens with one attached hydrogen (secondary N) is 1. The van der Waals surface area contributed by atoms with Crippen molar-refractivity contribution in [3.8, 4) is 0 Å². The van der Waals surface area contributed by atoms with Crippen LogP contribution in [0.4, 0.5) is 0 Å². The number of carbonyl (C=O) groups is 2. The Morgan fingerprint density at radius 2 is 1.70 bits per heavy atom. The molecule has 0 aliphatic heterocycles. The van der Waals surface area contributed by atoms with E-state index in [0.717, 1.165) is 5.56 Å². The molecule has 0 saturated heterocycles. The van der Waals surface area contributed by atoms with Crippen molar-refractivity contribution in [1.82, 2.24) is 5.32 Å². The minimum atomic E-state index is -1.03. The fraction of sp³-hybridized carbons (Fsp3) is 0.529. The lowest BCUT2D eigenvalue weighted by Crippen LogP contribution is -2.46. The topological polar surface area (TPSA) is 107 Å². The van der Waals surface area contributed by atoms with Crippen molar-refractivity contribution >= 4 is 11.9 Å². The van der Waals surface area contributed by atoms with Crippen LogP contribution >= 0.6 is 0 Å². The Kier molecular flexibility index (Phi) is 7.71. The van der Waals surface area contributed by atoms with Crippen LogP contribution in [0.25, 0.3) is 0 Å². The largest absolute Gasteiger partial charge is 0.481 e. The van der Waals surface area contributed by atoms with Gasteiger partial charge in [-0.1, -0.05) is 44.2 Å². The maximum absolute atomic E-state index is 12.3. The lowest BCUT2D eigenvalue weighted by Gasteiger charge is -2.28. The van der Waals surface area contributed by atoms with E-state index in [2.05, 4.69) is 5.32 Å². The van der Waals surface area contributed by atoms with Gasteiger partial charge in [0.15, 0.2) is 0 Å². The number of aliphatic hydroxyl groups is 2. The van der Waals surface area contributed by atoms with E-state index in [-0.39, 0.29) is 5.92 Å². The zero-order valence-corrected chi connectivity index (χ0v) is 13.5. The molecule has 1 aromatic carbocycles. The summed E-state index contributed by atoms with van der Waals surface area (Å²) in [6.07, 6.45) is 0.585. The van der Waals surface area contributed by atoms with E-state index in [1.807, 2.05) is 37.3 Å². The van der Waals surface area contributed by atoms with Gasteiger partial charge in [-0.3, -0.25) is 9.59 Å². The van der Waals surface area contributed by atoms with Gasteiger partial charge in [-0.05, 0) is 17.9 Å². The molecule has 1 aromatic rings. The molecule has 1 rings (SSSR count). The van der Waals surface area contributed by atoms with Gasteiger partial charge in [0.25, 0.3) is 0 Å². The molecule has 23 heavy (non-hydrogen) atoms. The number of aliphatic carboxylic acids is 1. The third-order valence-electron chi connectivity index (χ3n) is 4.13. The average molecular weight is 323 g/mol. The van der Waals surface area contributed by atoms with Gasteiger partial charge in [0, 0.05) is 5.92 Å². The van der Waals surface area contributed by atoms with Crippen molar-refractivity contribution in [1.29, 1.82) is 0 Å². The normalized spacial score (nSPS) is 15.0. The molecule has 0 fully saturated rings. The maximum Gasteiger partial charge on any atom is 0.307 e. The van der Waals surface area contributed by atoms with Crippen molar-refractivity contribution in [2.24, 2.45) is 11.8 Å². The number of carbonyl (C=O) groups excluding carboxylic acids is 1. The number of rotatable bonds is 9. The summed E-state index contributed by atoms with van der Waals surface area (Å²) in [5.41, 5.74) is 0.878. The van der Waals surface area contributed by atoms with Gasteiger partial charge in [-0.2, -0.15) is 0 Å². The van der Waals surface area contributed by atoms with Gasteiger partial charge in [-0.25, -0.2) is 0 Å². The van der Waals surface area contributed by atoms with Crippen LogP contribution in [-0.4, -0.2) is 46.5 Å². The fourth-order valence-electron chi connectivity index (χ4n) is 2.78. The van der Waals surface area contributed by atoms with Crippen molar-refractivity contribution in [3.63, 3.8) is 0 Å². The van der Waals surface area contributed by atoms with Gasteiger partial charge in [-0.15, -0.1) is 0 Å². The first-order chi connectivity index (χ1) is 11.0. The lowest BCUT2D eigenvalue weighted by molar-refractivity contribution is -0.148. The van der Waals surface area contributed by atoms with E-state index in [4.69, 9.17) is 10.2 Å². The Balaban J connectivity index is 3.00. The quantitative estimate of drug-likeness (QED) is 0.542. The summed E-state index contributed by atoms with van der Waals surface area (Å²) in [6.45, 7) is 2.65. The summed E-state index contributed by atoms with van der Waals surface area (Å²) in [5, 5.41) is 30.2. The van der Waals surface area contributed by atoms with Gasteiger partial charge in [0.2, 0.25) is 5.91 Å². The molecule has 0 bridgehead atoms. The van der Waals surface area contributed by atoms with Crippen LogP contribution in [0.2, 0.25) is 0 Å². The third kappa shape index (κ3) is 5.04. The first kappa shape index (κ1) is 19.1. The molecule has 6 heteroatoms. The van der Waals surface area contributed by atoms with E-state index in [0.29, 0.717) is 6.42 Å². The minimum absolute atomic E-state index is 0.295. The predicted octanol–water partition coefficient (Wildman–Crippen LogP) is 0.986. The summed E-state index contributed by atoms with van der Waals surface area (Å²) in [6, 6.07) is 8.48. The molecular weight excluding hydrogens is 298 g/mol. The minimum Gasteiger partial charge on any atom is -0.481 e. The van der Waals surface area contributed by atoms with Crippen molar-refractivity contribution in [3.05, 3.63) is 35.9 Å². The Morgan fingerprint density at radius 3 is 2.13 bits per heavy atom. The van der Waals surface area contributed by atoms with E-state index < -0.39 is 43.0 Å². The summed E-state index contributed by atoms with van der Waals surface area (Å²) < 4.78 is 0. The molecule has 128 valence electrons. The summed E-state index contributed by atoms with van der Waals surface area (Å²) in [4.78, 5) is 24.0. The Bertz CT molecular complexity index is 501. The molecular formula is C17H25NO5. The zero-order chi connectivity index (χ0) is 17.4. The molecule has 0 radical (unpaired) electrons. The highest BCUT2D eigenvalue weighted by molar-refractivity contribution is 5.85. The molecule has 0 heterocycles. The highest BCUT2D eigenvalue weighted by Gasteiger charge is 2.37. The van der Waals surface area contributed by atoms with E-state index in [1.54, 1.807) is 6.92 Å². The molecule has 0 aliphatic rings. The summed E-state index contributed by atoms with van der Waals surface area (Å²) in [7, 11) is 0. The number of benzene rings is 1. The van der Waals surface area contributed by atoms with Gasteiger partial charge >= 0.3 is 5.97 Å². The lowest BCUT2D eigenvalue weighted by atomic mass is 9.76. The first-order valence-electron chi connectivity index (χ1n) is 7.76. The predicted molar refractivity (Wildman–Crippen MR) is 85.9 cm³/mol. The second-order valence-corrected chi connectivity index (χ2v) is 5.65. The van der Waals surface area contributed by atoms with Gasteiger partial charge in [0.05, 0.1) is 25.2 Å². The van der Waals surface area contributed by atoms with E-state index in [9.17, 15) is 14.7 Å². The Labute approximate surface area is 136 Å². The van der Waals surface area contributed by atoms with E-state index >= 15 is 0 Å². The summed E-state index contributed by atoms with van der Waals surface area (Å²) >= 11 is 0. The standard InChI is InChI=1S/C17H25NO5/c1-3-14(12-7-5-4-6-8-12)15(17(22)23)11(2)16(21)18-13(9-19)10-20/h4-8,11,13-15,19-20H,3,9-10H2,1-2H3,(H,18,21)(H,22,23). The van der Waals surface area contributed by atoms with Crippen LogP contribution in [-0.2, 0) is 9.59 Å². The average Bonchev–Trinajstić information content (AvgIpc) is 2.56. The molecule has 0 spiro atoms. The van der Waals surface area contributed by atoms with Crippen molar-refractivity contribution in [2.75, 3.05) is 13.2 Å². The van der Waals surface area contributed by atoms with E-state index in [1.165, 1.54) is 0 Å². The van der Waals surface area contributed by atoms with Gasteiger partial charge < -0.3 is 20.6 Å². The van der Waals surface area contributed by atoms with Crippen LogP contribution in [0, 0.1) is 11.8 Å². The monoisotopic (exact) mass is 323 g/mol. The maximum atomic E-state index is 12.3. The molecule has 4 N–H and O–H groups in total. The molecule has 1 amide bonds. The van der Waals surface area contributed by atoms with Crippen LogP contribution in [0.5, 0.6) is 0 Å². The molecule has 0 aliphatic carbocycles. The number of carboxylic acids is 1. The molecule has 3 unspecified atom stereocenters. The van der Waals surface area contributed by atoms with Gasteiger partial charge in [0.1, 0.15) is 0 Å². The second kappa shape index (κ2) is 9.27. The van der Waals surface area contributed by atoms with Crippen LogP contribution < -0.4 is 5.32 Å². The first-order valence-corrected chi connectivity index (χ1v) is 7.76. The molecule has 3 atom stereocenters. The second-order valence-electron chi connectivity index (χ2n) is 5.65. The number of hydrogen-bond donors (Lipinski definition) is 4. The number of carboxylic acid groups (broad SMARTS) is 1. The van der Waals surface area contributed by atoms with Crippen LogP contribution in [0.15, 0.2) is 30.3 Å². The third-order valence-corrected chi connectivity index (χ3v) is 4.13. The highest BCUT2D eigenvalue weighted by Crippen LogP contribution is 2.33. The smallest absolute Gasteiger partial charge is 0.307 e.